The number of carbonyl (C=O) groups is 2. The minimum Gasteiger partial charge on any atom is -0.267 e. The predicted octanol–water partition coefficient (Wildman–Crippen LogP) is 2.09. The molecule has 0 radical (unpaired) electrons. The summed E-state index contributed by atoms with van der Waals surface area (Å²) in [7, 11) is -3.56. The molecule has 0 spiro atoms. The van der Waals surface area contributed by atoms with Gasteiger partial charge in [-0.2, -0.15) is 4.31 Å². The lowest BCUT2D eigenvalue weighted by Gasteiger charge is -2.15. The molecule has 2 amide bonds. The molecule has 1 saturated heterocycles. The first-order valence-corrected chi connectivity index (χ1v) is 12.0. The highest BCUT2D eigenvalue weighted by molar-refractivity contribution is 7.89. The van der Waals surface area contributed by atoms with Crippen molar-refractivity contribution in [3.8, 4) is 5.69 Å². The minimum absolute atomic E-state index is 0.0299. The van der Waals surface area contributed by atoms with Crippen LogP contribution in [0.3, 0.4) is 0 Å². The van der Waals surface area contributed by atoms with Crippen molar-refractivity contribution >= 4 is 33.4 Å². The first-order chi connectivity index (χ1) is 15.8. The SMILES string of the molecule is Cc1c(C(=O)NNC(=O)c2ccc(S(=O)(=O)N3CCCC3)cc2)nnn1-c1cccc(Cl)c1. The van der Waals surface area contributed by atoms with Crippen LogP contribution in [-0.2, 0) is 10.0 Å². The molecule has 12 heteroatoms. The van der Waals surface area contributed by atoms with E-state index in [0.29, 0.717) is 29.5 Å². The van der Waals surface area contributed by atoms with Gasteiger partial charge >= 0.3 is 0 Å². The Hall–Kier alpha value is -3.28. The Bertz CT molecular complexity index is 1300. The van der Waals surface area contributed by atoms with E-state index < -0.39 is 21.8 Å². The number of aromatic nitrogens is 3. The Morgan fingerprint density at radius 3 is 2.33 bits per heavy atom. The fraction of sp³-hybridized carbons (Fsp3) is 0.238. The van der Waals surface area contributed by atoms with Crippen LogP contribution in [0.2, 0.25) is 5.02 Å². The van der Waals surface area contributed by atoms with Gasteiger partial charge in [-0.05, 0) is 62.2 Å². The van der Waals surface area contributed by atoms with Gasteiger partial charge in [-0.25, -0.2) is 13.1 Å². The molecule has 0 saturated carbocycles. The Labute approximate surface area is 195 Å². The van der Waals surface area contributed by atoms with Gasteiger partial charge in [0, 0.05) is 23.7 Å². The molecule has 0 aliphatic carbocycles. The van der Waals surface area contributed by atoms with E-state index in [2.05, 4.69) is 21.2 Å². The fourth-order valence-corrected chi connectivity index (χ4v) is 5.19. The van der Waals surface area contributed by atoms with Crippen LogP contribution in [0.5, 0.6) is 0 Å². The van der Waals surface area contributed by atoms with Gasteiger partial charge in [-0.3, -0.25) is 20.4 Å². The number of nitrogens with zero attached hydrogens (tertiary/aromatic N) is 4. The Balaban J connectivity index is 1.40. The predicted molar refractivity (Wildman–Crippen MR) is 120 cm³/mol. The summed E-state index contributed by atoms with van der Waals surface area (Å²) >= 11 is 6.00. The summed E-state index contributed by atoms with van der Waals surface area (Å²) < 4.78 is 28.1. The number of hydrazine groups is 1. The van der Waals surface area contributed by atoms with Gasteiger partial charge in [-0.1, -0.05) is 22.9 Å². The quantitative estimate of drug-likeness (QED) is 0.529. The maximum Gasteiger partial charge on any atom is 0.292 e. The van der Waals surface area contributed by atoms with Crippen molar-refractivity contribution in [2.75, 3.05) is 13.1 Å². The second kappa shape index (κ2) is 9.30. The molecule has 0 unspecified atom stereocenters. The maximum absolute atomic E-state index is 12.6. The van der Waals surface area contributed by atoms with E-state index in [-0.39, 0.29) is 16.2 Å². The van der Waals surface area contributed by atoms with Gasteiger partial charge in [0.1, 0.15) is 0 Å². The molecule has 0 bridgehead atoms. The van der Waals surface area contributed by atoms with Gasteiger partial charge in [0.15, 0.2) is 5.69 Å². The summed E-state index contributed by atoms with van der Waals surface area (Å²) in [6.07, 6.45) is 1.68. The number of halogens is 1. The second-order valence-electron chi connectivity index (χ2n) is 7.46. The normalized spacial score (nSPS) is 14.2. The summed E-state index contributed by atoms with van der Waals surface area (Å²) in [5, 5.41) is 8.37. The zero-order chi connectivity index (χ0) is 23.6. The molecule has 10 nitrogen and oxygen atoms in total. The monoisotopic (exact) mass is 488 g/mol. The van der Waals surface area contributed by atoms with E-state index in [0.717, 1.165) is 12.8 Å². The second-order valence-corrected chi connectivity index (χ2v) is 9.83. The molecule has 2 heterocycles. The first kappa shape index (κ1) is 22.9. The van der Waals surface area contributed by atoms with Crippen LogP contribution in [0.1, 0.15) is 39.4 Å². The summed E-state index contributed by atoms with van der Waals surface area (Å²) in [6.45, 7) is 2.66. The molecule has 2 N–H and O–H groups in total. The van der Waals surface area contributed by atoms with Crippen molar-refractivity contribution in [3.63, 3.8) is 0 Å². The molecule has 1 aliphatic heterocycles. The van der Waals surface area contributed by atoms with Crippen molar-refractivity contribution in [2.45, 2.75) is 24.7 Å². The van der Waals surface area contributed by atoms with Crippen LogP contribution in [0, 0.1) is 6.92 Å². The Morgan fingerprint density at radius 2 is 1.67 bits per heavy atom. The molecule has 1 aromatic heterocycles. The highest BCUT2D eigenvalue weighted by Crippen LogP contribution is 2.21. The van der Waals surface area contributed by atoms with Crippen molar-refractivity contribution in [1.29, 1.82) is 0 Å². The topological polar surface area (TPSA) is 126 Å². The van der Waals surface area contributed by atoms with Gasteiger partial charge in [0.05, 0.1) is 16.3 Å². The number of nitrogens with one attached hydrogen (secondary N) is 2. The Morgan fingerprint density at radius 1 is 1.00 bits per heavy atom. The van der Waals surface area contributed by atoms with E-state index in [1.807, 2.05) is 0 Å². The number of benzene rings is 2. The van der Waals surface area contributed by atoms with E-state index in [9.17, 15) is 18.0 Å². The van der Waals surface area contributed by atoms with Crippen LogP contribution < -0.4 is 10.9 Å². The summed E-state index contributed by atoms with van der Waals surface area (Å²) in [4.78, 5) is 25.0. The largest absolute Gasteiger partial charge is 0.292 e. The zero-order valence-electron chi connectivity index (χ0n) is 17.7. The summed E-state index contributed by atoms with van der Waals surface area (Å²) in [5.41, 5.74) is 5.91. The molecular weight excluding hydrogens is 468 g/mol. The smallest absolute Gasteiger partial charge is 0.267 e. The maximum atomic E-state index is 12.6. The van der Waals surface area contributed by atoms with E-state index in [4.69, 9.17) is 11.6 Å². The summed E-state index contributed by atoms with van der Waals surface area (Å²) in [6, 6.07) is 12.5. The Kier molecular flexibility index (Phi) is 6.45. The first-order valence-electron chi connectivity index (χ1n) is 10.2. The molecule has 3 aromatic rings. The highest BCUT2D eigenvalue weighted by atomic mass is 35.5. The van der Waals surface area contributed by atoms with Crippen molar-refractivity contribution in [3.05, 3.63) is 70.5 Å². The van der Waals surface area contributed by atoms with E-state index in [1.165, 1.54) is 33.3 Å². The summed E-state index contributed by atoms with van der Waals surface area (Å²) in [5.74, 6) is -1.25. The molecule has 33 heavy (non-hydrogen) atoms. The van der Waals surface area contributed by atoms with Crippen LogP contribution in [0.15, 0.2) is 53.4 Å². The fourth-order valence-electron chi connectivity index (χ4n) is 3.49. The third-order valence-corrected chi connectivity index (χ3v) is 7.42. The number of rotatable bonds is 5. The van der Waals surface area contributed by atoms with Gasteiger partial charge in [0.2, 0.25) is 10.0 Å². The lowest BCUT2D eigenvalue weighted by atomic mass is 10.2. The molecule has 4 rings (SSSR count). The third kappa shape index (κ3) is 4.75. The standard InChI is InChI=1S/C21H21ClN6O4S/c1-14-19(23-26-28(14)17-6-4-5-16(22)13-17)21(30)25-24-20(29)15-7-9-18(10-8-15)33(31,32)27-11-2-3-12-27/h4-10,13H,2-3,11-12H2,1H3,(H,24,29)(H,25,30). The van der Waals surface area contributed by atoms with Crippen LogP contribution in [0.4, 0.5) is 0 Å². The molecule has 1 aliphatic rings. The van der Waals surface area contributed by atoms with E-state index >= 15 is 0 Å². The third-order valence-electron chi connectivity index (χ3n) is 5.27. The number of amides is 2. The van der Waals surface area contributed by atoms with Gasteiger partial charge in [0.25, 0.3) is 11.8 Å². The highest BCUT2D eigenvalue weighted by Gasteiger charge is 2.27. The number of hydrogen-bond donors (Lipinski definition) is 2. The average Bonchev–Trinajstić information content (AvgIpc) is 3.48. The molecule has 2 aromatic carbocycles. The molecule has 172 valence electrons. The number of hydrogen-bond acceptors (Lipinski definition) is 6. The van der Waals surface area contributed by atoms with E-state index in [1.54, 1.807) is 31.2 Å². The zero-order valence-corrected chi connectivity index (χ0v) is 19.2. The lowest BCUT2D eigenvalue weighted by Crippen LogP contribution is -2.42. The average molecular weight is 489 g/mol. The van der Waals surface area contributed by atoms with Crippen LogP contribution >= 0.6 is 11.6 Å². The van der Waals surface area contributed by atoms with Crippen molar-refractivity contribution in [2.24, 2.45) is 0 Å². The molecule has 0 atom stereocenters. The minimum atomic E-state index is -3.56. The van der Waals surface area contributed by atoms with Gasteiger partial charge in [-0.15, -0.1) is 5.10 Å². The lowest BCUT2D eigenvalue weighted by molar-refractivity contribution is 0.0843. The number of sulfonamides is 1. The molecule has 1 fully saturated rings. The van der Waals surface area contributed by atoms with Crippen LogP contribution in [-0.4, -0.2) is 52.6 Å². The van der Waals surface area contributed by atoms with Crippen LogP contribution in [0.25, 0.3) is 5.69 Å². The van der Waals surface area contributed by atoms with Crippen molar-refractivity contribution in [1.82, 2.24) is 30.2 Å². The molecular formula is C21H21ClN6O4S. The van der Waals surface area contributed by atoms with Crippen molar-refractivity contribution < 1.29 is 18.0 Å². The van der Waals surface area contributed by atoms with Gasteiger partial charge < -0.3 is 0 Å². The number of carbonyl (C=O) groups excluding carboxylic acids is 2.